The first-order chi connectivity index (χ1) is 57.3. The van der Waals surface area contributed by atoms with Gasteiger partial charge in [0.05, 0.1) is 0 Å². The van der Waals surface area contributed by atoms with Gasteiger partial charge in [0.15, 0.2) is 0 Å². The zero-order valence-corrected chi connectivity index (χ0v) is 87.0. The zero-order chi connectivity index (χ0) is 101. The van der Waals surface area contributed by atoms with Gasteiger partial charge in [-0.1, -0.05) is 283 Å². The number of likely N-dealkylation sites (tertiary alicyclic amines) is 1. The van der Waals surface area contributed by atoms with Crippen LogP contribution in [0, 0.1) is 41.4 Å². The molecule has 125 heavy (non-hydrogen) atoms. The second kappa shape index (κ2) is 173. The average Bonchev–Trinajstić information content (AvgIpc) is 0.829. The van der Waals surface area contributed by atoms with Crippen molar-refractivity contribution in [2.24, 2.45) is 70.1 Å². The van der Waals surface area contributed by atoms with Crippen LogP contribution in [0.1, 0.15) is 261 Å². The van der Waals surface area contributed by atoms with Crippen molar-refractivity contribution in [3.05, 3.63) is 107 Å². The third-order valence-electron chi connectivity index (χ3n) is 14.5. The molecule has 1 saturated heterocycles. The smallest absolute Gasteiger partial charge is 0.245 e. The first-order valence-corrected chi connectivity index (χ1v) is 41.3. The molecule has 0 unspecified atom stereocenters. The molecule has 28 N–H and O–H groups in total. The van der Waals surface area contributed by atoms with Crippen molar-refractivity contribution >= 4 is 109 Å². The van der Waals surface area contributed by atoms with Crippen molar-refractivity contribution in [2.75, 3.05) is 62.4 Å². The van der Waals surface area contributed by atoms with Gasteiger partial charge in [0.2, 0.25) is 29.5 Å². The maximum absolute atomic E-state index is 14.4. The molecule has 32 heteroatoms. The lowest BCUT2D eigenvalue weighted by Gasteiger charge is -2.38. The molecule has 1 aliphatic heterocycles. The van der Waals surface area contributed by atoms with E-state index >= 15 is 0 Å². The minimum atomic E-state index is -0.922. The van der Waals surface area contributed by atoms with E-state index in [-0.39, 0.29) is 84.7 Å². The number of aliphatic hydroxyl groups is 1. The highest BCUT2D eigenvalue weighted by Gasteiger charge is 2.40. The first-order valence-electron chi connectivity index (χ1n) is 40.9. The number of benzene rings is 3. The maximum Gasteiger partial charge on any atom is 0.245 e. The van der Waals surface area contributed by atoms with E-state index in [1.165, 1.54) is 82.4 Å². The Morgan fingerprint density at radius 3 is 0.896 bits per heavy atom. The SMILES string of the molecule is C=O.C=O.C=O.C=O.C=O.C=O.C=O.C=O.C=O.C=O.CC.CC.CC(C)C.CC(C)O.CCC(C)C.CCC(C)C.CCC(C)C.CC[C@H](C)[C@H](NC(=O)[C@H](Cc1ccccc1)N(C)C(=O)[C@H](CC(C)C)N(C)C(=O)[C@@H](NC(C)=O)[C@@H](C)CC)C(=O)N1CCCCC1.CCc1cccc(Cl)c1.CCc1ccccc1.CN.CN.CN.CN.CN.N.N.N.N.N. The Balaban J connectivity index is -0.0000000424. The van der Waals surface area contributed by atoms with Crippen molar-refractivity contribution in [1.29, 1.82) is 0 Å². The van der Waals surface area contributed by atoms with Crippen LogP contribution in [0.4, 0.5) is 0 Å². The van der Waals surface area contributed by atoms with Crippen LogP contribution in [0.25, 0.3) is 0 Å². The van der Waals surface area contributed by atoms with Crippen molar-refractivity contribution in [2.45, 2.75) is 294 Å². The molecule has 0 saturated carbocycles. The van der Waals surface area contributed by atoms with Crippen molar-refractivity contribution in [3.8, 4) is 0 Å². The van der Waals surface area contributed by atoms with Gasteiger partial charge in [0, 0.05) is 51.7 Å². The molecule has 0 aliphatic carbocycles. The third kappa shape index (κ3) is 150. The number of likely N-dealkylation sites (N-methyl/N-ethyl adjacent to an activating group) is 2. The van der Waals surface area contributed by atoms with E-state index in [1.807, 2.05) is 197 Å². The lowest BCUT2D eigenvalue weighted by Crippen LogP contribution is -2.60. The molecule has 0 spiro atoms. The van der Waals surface area contributed by atoms with Crippen LogP contribution < -0.4 is 70.1 Å². The number of hydrogen-bond acceptors (Lipinski definition) is 26. The van der Waals surface area contributed by atoms with Gasteiger partial charge in [-0.3, -0.25) is 24.0 Å². The Kier molecular flexibility index (Phi) is 263. The van der Waals surface area contributed by atoms with Gasteiger partial charge in [0.25, 0.3) is 0 Å². The Bertz CT molecular complexity index is 2310. The van der Waals surface area contributed by atoms with E-state index < -0.39 is 30.1 Å². The number of halogens is 1. The second-order valence-electron chi connectivity index (χ2n) is 25.6. The van der Waals surface area contributed by atoms with E-state index in [9.17, 15) is 24.0 Å². The van der Waals surface area contributed by atoms with Crippen molar-refractivity contribution in [1.82, 2.24) is 56.1 Å². The van der Waals surface area contributed by atoms with Crippen LogP contribution in [-0.4, -0.2) is 210 Å². The molecule has 1 heterocycles. The number of aliphatic hydroxyl groups excluding tert-OH is 1. The third-order valence-corrected chi connectivity index (χ3v) is 14.7. The van der Waals surface area contributed by atoms with Gasteiger partial charge >= 0.3 is 0 Å². The molecular weight excluding hydrogens is 1620 g/mol. The number of carbonyl (C=O) groups excluding carboxylic acids is 15. The number of amides is 5. The van der Waals surface area contributed by atoms with Crippen LogP contribution in [0.5, 0.6) is 0 Å². The summed E-state index contributed by atoms with van der Waals surface area (Å²) >= 11 is 5.72. The summed E-state index contributed by atoms with van der Waals surface area (Å²) in [5.41, 5.74) is 26.1. The van der Waals surface area contributed by atoms with Gasteiger partial charge in [0.1, 0.15) is 92.1 Å². The highest BCUT2D eigenvalue weighted by atomic mass is 35.5. The highest BCUT2D eigenvalue weighted by Crippen LogP contribution is 2.22. The fraction of sp³-hybridized carbons (Fsp3) is 0.645. The second-order valence-corrected chi connectivity index (χ2v) is 26.1. The molecule has 1 fully saturated rings. The summed E-state index contributed by atoms with van der Waals surface area (Å²) in [4.78, 5) is 153. The molecule has 0 radical (unpaired) electrons. The monoisotopic (exact) mass is 1820 g/mol. The normalized spacial score (nSPS) is 9.99. The Morgan fingerprint density at radius 2 is 0.664 bits per heavy atom. The van der Waals surface area contributed by atoms with Crippen LogP contribution in [-0.2, 0) is 91.2 Å². The number of piperidine rings is 1. The van der Waals surface area contributed by atoms with Crippen LogP contribution >= 0.6 is 11.6 Å². The predicted molar refractivity (Wildman–Crippen MR) is 541 cm³/mol. The largest absolute Gasteiger partial charge is 0.394 e. The minimum absolute atomic E-state index is 0. The fourth-order valence-electron chi connectivity index (χ4n) is 7.49. The quantitative estimate of drug-likeness (QED) is 0.0471. The summed E-state index contributed by atoms with van der Waals surface area (Å²) in [5.74, 6) is 1.82. The van der Waals surface area contributed by atoms with Gasteiger partial charge in [-0.15, -0.1) is 0 Å². The lowest BCUT2D eigenvalue weighted by molar-refractivity contribution is -0.150. The summed E-state index contributed by atoms with van der Waals surface area (Å²) in [6.07, 6.45) is 10.9. The molecule has 6 atom stereocenters. The summed E-state index contributed by atoms with van der Waals surface area (Å²) in [6.45, 7) is 76.7. The van der Waals surface area contributed by atoms with E-state index in [1.54, 1.807) is 27.9 Å². The topological polar surface area (TPSA) is 615 Å². The number of carbonyl (C=O) groups is 15. The molecule has 1 aliphatic rings. The molecule has 0 aromatic heterocycles. The van der Waals surface area contributed by atoms with Gasteiger partial charge < -0.3 is 138 Å². The van der Waals surface area contributed by atoms with Crippen molar-refractivity contribution < 1.29 is 77.0 Å². The standard InChI is InChI=1S/C36H59N5O5.C8H9Cl.C8H10.3C5H12.C4H10.C3H8O.2C2H6.5CH5N.10CH2O.5H3N/c1-10-25(5)31(37-27(7)42)35(45)40(9)30(22-24(3)4)34(44)39(8)29(23-28-18-14-12-15-19-28)33(43)38-32(26(6)11-2)36(46)41-20-16-13-17-21-41;1-2-7-4-3-5-8(9)6-7;1-2-8-6-4-3-5-7-8;3*1-4-5(2)3;1-4(2)3;1-3(2)4;17*1-2;;;;;/h12,14-15,18-19,24-26,29-32H,10-11,13,16-17,20-23H2,1-9H3,(H,37,42)(H,38,43);3-6H,2H2,1H3;3-7H,2H2,1H3;3*5H,4H2,1-3H3;4H,1-3H3;3-4H,1-2H3;2*1-2H3;5*2H2,1H3;10*1H2;5*1H3/t25-,26-,29-,30-,31-,32-;;;;;;;;;;;;;;;;;;;;;;;;;;;;;/m0............................./s1. The molecular formula is C93H204ClN15O16. The molecule has 3 aromatic rings. The van der Waals surface area contributed by atoms with Gasteiger partial charge in [-0.05, 0) is 158 Å². The van der Waals surface area contributed by atoms with E-state index in [0.717, 1.165) is 66.4 Å². The number of rotatable bonds is 21. The van der Waals surface area contributed by atoms with Crippen molar-refractivity contribution in [3.63, 3.8) is 0 Å². The lowest BCUT2D eigenvalue weighted by atomic mass is 9.94. The number of nitrogens with one attached hydrogen (secondary N) is 2. The Hall–Kier alpha value is -8.44. The molecule has 754 valence electrons. The average molecular weight is 1820 g/mol. The van der Waals surface area contributed by atoms with E-state index in [2.05, 4.69) is 167 Å². The molecule has 0 bridgehead atoms. The number of hydrogen-bond donors (Lipinski definition) is 13. The van der Waals surface area contributed by atoms with E-state index in [0.29, 0.717) is 32.4 Å². The predicted octanol–water partition coefficient (Wildman–Crippen LogP) is 16.3. The Morgan fingerprint density at radius 1 is 0.400 bits per heavy atom. The van der Waals surface area contributed by atoms with Gasteiger partial charge in [-0.2, -0.15) is 0 Å². The van der Waals surface area contributed by atoms with Gasteiger partial charge in [-0.25, -0.2) is 0 Å². The summed E-state index contributed by atoms with van der Waals surface area (Å²) in [7, 11) is 10.7. The van der Waals surface area contributed by atoms with Crippen LogP contribution in [0.15, 0.2) is 84.9 Å². The number of nitrogens with two attached hydrogens (primary N) is 5. The molecule has 3 aromatic carbocycles. The first kappa shape index (κ1) is 190. The summed E-state index contributed by atoms with van der Waals surface area (Å²) in [6, 6.07) is 24.6. The Labute approximate surface area is 771 Å². The molecule has 31 nitrogen and oxygen atoms in total. The summed E-state index contributed by atoms with van der Waals surface area (Å²) < 4.78 is 0. The fourth-order valence-corrected chi connectivity index (χ4v) is 7.70. The maximum atomic E-state index is 14.4. The van der Waals surface area contributed by atoms with Crippen LogP contribution in [0.3, 0.4) is 0 Å². The number of aryl methyl sites for hydroxylation is 2. The molecule has 4 rings (SSSR count). The minimum Gasteiger partial charge on any atom is -0.394 e. The molecule has 5 amide bonds. The highest BCUT2D eigenvalue weighted by molar-refractivity contribution is 6.30. The number of nitrogens with zero attached hydrogens (tertiary/aromatic N) is 3. The van der Waals surface area contributed by atoms with Crippen LogP contribution in [0.2, 0.25) is 5.02 Å². The zero-order valence-electron chi connectivity index (χ0n) is 86.2. The van der Waals surface area contributed by atoms with E-state index in [4.69, 9.17) is 64.7 Å². The summed E-state index contributed by atoms with van der Waals surface area (Å²) in [5, 5.41) is 14.7.